The molecule has 1 aliphatic rings. The number of cyclic esters (lactones) is 1. The molecule has 0 aliphatic carbocycles. The topological polar surface area (TPSA) is 65.0 Å². The van der Waals surface area contributed by atoms with Crippen molar-refractivity contribution in [2.45, 2.75) is 32.2 Å². The number of aliphatic hydroxyl groups excluding tert-OH is 1. The van der Waals surface area contributed by atoms with E-state index in [1.54, 1.807) is 45.2 Å². The van der Waals surface area contributed by atoms with Gasteiger partial charge in [-0.2, -0.15) is 0 Å². The molecule has 5 nitrogen and oxygen atoms in total. The van der Waals surface area contributed by atoms with Gasteiger partial charge < -0.3 is 19.3 Å². The van der Waals surface area contributed by atoms with Gasteiger partial charge in [-0.15, -0.1) is 0 Å². The summed E-state index contributed by atoms with van der Waals surface area (Å²) in [6, 6.07) is 7.09. The third kappa shape index (κ3) is 3.51. The Morgan fingerprint density at radius 2 is 1.90 bits per heavy atom. The van der Waals surface area contributed by atoms with Crippen molar-refractivity contribution in [3.8, 4) is 5.75 Å². The molecule has 5 heteroatoms. The summed E-state index contributed by atoms with van der Waals surface area (Å²) in [6.45, 7) is 3.30. The molecule has 0 saturated heterocycles. The van der Waals surface area contributed by atoms with Crippen LogP contribution in [0.5, 0.6) is 5.75 Å². The lowest BCUT2D eigenvalue weighted by molar-refractivity contribution is -0.206. The van der Waals surface area contributed by atoms with Gasteiger partial charge in [0.2, 0.25) is 5.79 Å². The van der Waals surface area contributed by atoms with Gasteiger partial charge in [-0.25, -0.2) is 4.79 Å². The maximum absolute atomic E-state index is 11.4. The zero-order valence-electron chi connectivity index (χ0n) is 11.8. The maximum atomic E-state index is 11.4. The van der Waals surface area contributed by atoms with Crippen LogP contribution in [0, 0.1) is 0 Å². The van der Waals surface area contributed by atoms with Crippen molar-refractivity contribution < 1.29 is 24.1 Å². The number of carbonyl (C=O) groups is 1. The number of hydrogen-bond acceptors (Lipinski definition) is 5. The number of esters is 1. The standard InChI is InChI=1S/C15H18O5/c1-15(2)19-12(9-14(17)20-15)8-13(16)10-4-6-11(18-3)7-5-10/h4-7,9,13,16H,8H2,1-3H3/t13-/m1/s1. The normalized spacial score (nSPS) is 18.6. The lowest BCUT2D eigenvalue weighted by atomic mass is 10.0. The molecule has 0 spiro atoms. The largest absolute Gasteiger partial charge is 0.497 e. The van der Waals surface area contributed by atoms with E-state index in [1.807, 2.05) is 0 Å². The molecule has 1 aromatic rings. The molecule has 1 aromatic carbocycles. The van der Waals surface area contributed by atoms with Crippen molar-refractivity contribution in [3.63, 3.8) is 0 Å². The summed E-state index contributed by atoms with van der Waals surface area (Å²) in [6.07, 6.45) is 0.719. The first-order valence-electron chi connectivity index (χ1n) is 6.34. The molecule has 1 heterocycles. The summed E-state index contributed by atoms with van der Waals surface area (Å²) in [4.78, 5) is 11.4. The number of methoxy groups -OCH3 is 1. The van der Waals surface area contributed by atoms with Gasteiger partial charge in [0.05, 0.1) is 19.3 Å². The summed E-state index contributed by atoms with van der Waals surface area (Å²) < 4.78 is 15.6. The van der Waals surface area contributed by atoms with E-state index in [9.17, 15) is 9.90 Å². The van der Waals surface area contributed by atoms with Gasteiger partial charge in [0, 0.05) is 20.3 Å². The van der Waals surface area contributed by atoms with E-state index >= 15 is 0 Å². The molecule has 0 saturated carbocycles. The minimum Gasteiger partial charge on any atom is -0.497 e. The van der Waals surface area contributed by atoms with Gasteiger partial charge in [-0.1, -0.05) is 12.1 Å². The fourth-order valence-electron chi connectivity index (χ4n) is 2.00. The van der Waals surface area contributed by atoms with Crippen LogP contribution in [0.4, 0.5) is 0 Å². The number of aliphatic hydroxyl groups is 1. The Kier molecular flexibility index (Phi) is 3.99. The number of ether oxygens (including phenoxy) is 3. The van der Waals surface area contributed by atoms with Gasteiger partial charge in [-0.3, -0.25) is 0 Å². The predicted molar refractivity (Wildman–Crippen MR) is 71.9 cm³/mol. The van der Waals surface area contributed by atoms with Crippen molar-refractivity contribution in [2.24, 2.45) is 0 Å². The van der Waals surface area contributed by atoms with Crippen molar-refractivity contribution in [1.29, 1.82) is 0 Å². The zero-order valence-corrected chi connectivity index (χ0v) is 11.8. The fraction of sp³-hybridized carbons (Fsp3) is 0.400. The van der Waals surface area contributed by atoms with Crippen LogP contribution >= 0.6 is 0 Å². The van der Waals surface area contributed by atoms with Gasteiger partial charge >= 0.3 is 5.97 Å². The summed E-state index contributed by atoms with van der Waals surface area (Å²) in [5, 5.41) is 10.2. The van der Waals surface area contributed by atoms with Crippen molar-refractivity contribution in [2.75, 3.05) is 7.11 Å². The van der Waals surface area contributed by atoms with E-state index < -0.39 is 17.9 Å². The highest BCUT2D eigenvalue weighted by atomic mass is 16.7. The quantitative estimate of drug-likeness (QED) is 0.856. The molecule has 0 amide bonds. The Labute approximate surface area is 117 Å². The summed E-state index contributed by atoms with van der Waals surface area (Å²) >= 11 is 0. The van der Waals surface area contributed by atoms with Crippen molar-refractivity contribution >= 4 is 5.97 Å². The molecule has 0 bridgehead atoms. The smallest absolute Gasteiger partial charge is 0.337 e. The molecule has 0 radical (unpaired) electrons. The Morgan fingerprint density at radius 3 is 2.45 bits per heavy atom. The molecule has 0 unspecified atom stereocenters. The van der Waals surface area contributed by atoms with E-state index in [-0.39, 0.29) is 6.42 Å². The highest BCUT2D eigenvalue weighted by molar-refractivity contribution is 5.83. The van der Waals surface area contributed by atoms with Crippen LogP contribution < -0.4 is 4.74 Å². The molecule has 0 fully saturated rings. The average Bonchev–Trinajstić information content (AvgIpc) is 2.36. The van der Waals surface area contributed by atoms with Gasteiger partial charge in [0.1, 0.15) is 11.5 Å². The first-order valence-corrected chi connectivity index (χ1v) is 6.34. The molecule has 108 valence electrons. The Bertz CT molecular complexity index is 516. The third-order valence-electron chi connectivity index (χ3n) is 2.90. The van der Waals surface area contributed by atoms with E-state index in [1.165, 1.54) is 6.08 Å². The minimum absolute atomic E-state index is 0.213. The molecule has 2 rings (SSSR count). The molecule has 1 aliphatic heterocycles. The summed E-state index contributed by atoms with van der Waals surface area (Å²) in [5.74, 6) is -0.326. The summed E-state index contributed by atoms with van der Waals surface area (Å²) in [7, 11) is 1.58. The van der Waals surface area contributed by atoms with E-state index in [2.05, 4.69) is 0 Å². The number of rotatable bonds is 4. The van der Waals surface area contributed by atoms with Crippen LogP contribution in [0.25, 0.3) is 0 Å². The first kappa shape index (κ1) is 14.4. The number of carbonyl (C=O) groups excluding carboxylic acids is 1. The molecular formula is C15H18O5. The second-order valence-corrected chi connectivity index (χ2v) is 5.03. The number of benzene rings is 1. The molecule has 20 heavy (non-hydrogen) atoms. The van der Waals surface area contributed by atoms with Crippen molar-refractivity contribution in [3.05, 3.63) is 41.7 Å². The molecular weight excluding hydrogens is 260 g/mol. The SMILES string of the molecule is COc1ccc([C@H](O)CC2=CC(=O)OC(C)(C)O2)cc1. The van der Waals surface area contributed by atoms with Gasteiger partial charge in [0.15, 0.2) is 0 Å². The molecule has 1 atom stereocenters. The van der Waals surface area contributed by atoms with Crippen LogP contribution in [-0.2, 0) is 14.3 Å². The second-order valence-electron chi connectivity index (χ2n) is 5.03. The maximum Gasteiger partial charge on any atom is 0.337 e. The van der Waals surface area contributed by atoms with Crippen LogP contribution in [-0.4, -0.2) is 24.0 Å². The lowest BCUT2D eigenvalue weighted by Gasteiger charge is -2.31. The zero-order chi connectivity index (χ0) is 14.8. The van der Waals surface area contributed by atoms with Crippen LogP contribution in [0.1, 0.15) is 31.9 Å². The monoisotopic (exact) mass is 278 g/mol. The number of hydrogen-bond donors (Lipinski definition) is 1. The minimum atomic E-state index is -0.999. The molecule has 1 N–H and O–H groups in total. The predicted octanol–water partition coefficient (Wildman–Crippen LogP) is 2.31. The molecule has 0 aromatic heterocycles. The Balaban J connectivity index is 2.07. The van der Waals surface area contributed by atoms with Gasteiger partial charge in [0.25, 0.3) is 0 Å². The third-order valence-corrected chi connectivity index (χ3v) is 2.90. The average molecular weight is 278 g/mol. The van der Waals surface area contributed by atoms with E-state index in [4.69, 9.17) is 14.2 Å². The highest BCUT2D eigenvalue weighted by Gasteiger charge is 2.30. The first-order chi connectivity index (χ1) is 9.39. The summed E-state index contributed by atoms with van der Waals surface area (Å²) in [5.41, 5.74) is 0.729. The lowest BCUT2D eigenvalue weighted by Crippen LogP contribution is -2.34. The van der Waals surface area contributed by atoms with Crippen LogP contribution in [0.2, 0.25) is 0 Å². The van der Waals surface area contributed by atoms with Crippen LogP contribution in [0.15, 0.2) is 36.1 Å². The van der Waals surface area contributed by atoms with E-state index in [0.717, 1.165) is 11.3 Å². The van der Waals surface area contributed by atoms with Crippen molar-refractivity contribution in [1.82, 2.24) is 0 Å². The van der Waals surface area contributed by atoms with Crippen LogP contribution in [0.3, 0.4) is 0 Å². The van der Waals surface area contributed by atoms with E-state index in [0.29, 0.717) is 5.76 Å². The Hall–Kier alpha value is -2.01. The highest BCUT2D eigenvalue weighted by Crippen LogP contribution is 2.29. The fourth-order valence-corrected chi connectivity index (χ4v) is 2.00. The second kappa shape index (κ2) is 5.54. The van der Waals surface area contributed by atoms with Gasteiger partial charge in [-0.05, 0) is 17.7 Å². The Morgan fingerprint density at radius 1 is 1.25 bits per heavy atom.